The van der Waals surface area contributed by atoms with Gasteiger partial charge in [0.05, 0.1) is 88.6 Å². The van der Waals surface area contributed by atoms with Gasteiger partial charge < -0.3 is 83.7 Å². The molecule has 0 aliphatic rings. The molecule has 1 atom stereocenters. The molecule has 2 aromatic carbocycles. The summed E-state index contributed by atoms with van der Waals surface area (Å²) in [5, 5.41) is 32.5. The van der Waals surface area contributed by atoms with Gasteiger partial charge >= 0.3 is 73.5 Å². The van der Waals surface area contributed by atoms with Gasteiger partial charge in [-0.25, -0.2) is 19.2 Å². The van der Waals surface area contributed by atoms with Crippen molar-refractivity contribution in [3.05, 3.63) is 71.3 Å². The Balaban J connectivity index is -0.000000448. The van der Waals surface area contributed by atoms with E-state index in [9.17, 15) is 70.5 Å². The Bertz CT molecular complexity index is 3490. The van der Waals surface area contributed by atoms with Crippen LogP contribution in [0.1, 0.15) is 275 Å². The van der Waals surface area contributed by atoms with Gasteiger partial charge in [-0.15, -0.1) is 0 Å². The Hall–Kier alpha value is -8.79. The third-order valence-corrected chi connectivity index (χ3v) is 19.6. The van der Waals surface area contributed by atoms with E-state index >= 15 is 0 Å². The van der Waals surface area contributed by atoms with Crippen LogP contribution in [-0.2, 0) is 107 Å². The summed E-state index contributed by atoms with van der Waals surface area (Å²) in [5.41, 5.74) is -2.89. The summed E-state index contributed by atoms with van der Waals surface area (Å²) in [6.45, 7) is 40.7. The molecular weight excluding hydrogens is 1600 g/mol. The van der Waals surface area contributed by atoms with Crippen LogP contribution in [0.25, 0.3) is 0 Å². The molecule has 686 valence electrons. The van der Waals surface area contributed by atoms with Gasteiger partial charge in [0.25, 0.3) is 16.1 Å². The lowest BCUT2D eigenvalue weighted by Crippen LogP contribution is -2.49. The molecule has 0 spiro atoms. The van der Waals surface area contributed by atoms with E-state index < -0.39 is 104 Å². The topological polar surface area (TPSA) is 514 Å². The fraction of sp³-hybridized carbons (Fsp3) is 0.699. The van der Waals surface area contributed by atoms with Gasteiger partial charge in [-0.3, -0.25) is 52.3 Å². The highest BCUT2D eigenvalue weighted by Crippen LogP contribution is 2.34. The molecular formula is C83H142N3O31PS. The molecule has 36 heteroatoms. The number of amides is 3. The van der Waals surface area contributed by atoms with Gasteiger partial charge in [0.15, 0.2) is 0 Å². The van der Waals surface area contributed by atoms with Gasteiger partial charge in [0.2, 0.25) is 5.91 Å². The number of carboxylic acids is 3. The maximum atomic E-state index is 11.8. The highest BCUT2D eigenvalue weighted by molar-refractivity contribution is 7.85. The summed E-state index contributed by atoms with van der Waals surface area (Å²) in [4.78, 5) is 163. The number of esters is 7. The third kappa shape index (κ3) is 66.7. The van der Waals surface area contributed by atoms with Crippen molar-refractivity contribution in [2.24, 2.45) is 38.9 Å². The van der Waals surface area contributed by atoms with Crippen molar-refractivity contribution in [2.45, 2.75) is 261 Å². The first kappa shape index (κ1) is 119. The second kappa shape index (κ2) is 63.2. The number of hydrogen-bond acceptors (Lipinski definition) is 25. The van der Waals surface area contributed by atoms with E-state index in [4.69, 9.17) is 77.1 Å². The lowest BCUT2D eigenvalue weighted by molar-refractivity contribution is -0.155. The van der Waals surface area contributed by atoms with Gasteiger partial charge in [-0.1, -0.05) is 105 Å². The van der Waals surface area contributed by atoms with Gasteiger partial charge in [-0.05, 0) is 190 Å². The Morgan fingerprint density at radius 2 is 0.824 bits per heavy atom. The second-order valence-electron chi connectivity index (χ2n) is 31.6. The molecule has 0 fully saturated rings. The fourth-order valence-corrected chi connectivity index (χ4v) is 8.82. The van der Waals surface area contributed by atoms with Crippen LogP contribution < -0.4 is 16.0 Å². The predicted octanol–water partition coefficient (Wildman–Crippen LogP) is 13.9. The molecule has 34 nitrogen and oxygen atoms in total. The summed E-state index contributed by atoms with van der Waals surface area (Å²) < 4.78 is 85.8. The van der Waals surface area contributed by atoms with Crippen molar-refractivity contribution < 1.29 is 148 Å². The average molecular weight is 1740 g/mol. The zero-order chi connectivity index (χ0) is 93.0. The Morgan fingerprint density at radius 3 is 1.18 bits per heavy atom. The van der Waals surface area contributed by atoms with E-state index in [1.807, 2.05) is 99.6 Å². The van der Waals surface area contributed by atoms with E-state index in [2.05, 4.69) is 29.8 Å². The Morgan fingerprint density at radius 1 is 0.454 bits per heavy atom. The number of unbranched alkanes of at least 4 members (excludes halogenated alkanes) is 4. The summed E-state index contributed by atoms with van der Waals surface area (Å²) in [5.74, 6) is -5.59. The Kier molecular flexibility index (Phi) is 63.1. The summed E-state index contributed by atoms with van der Waals surface area (Å²) in [6, 6.07) is 15.3. The molecule has 2 aromatic rings. The van der Waals surface area contributed by atoms with Crippen LogP contribution in [0.2, 0.25) is 0 Å². The lowest BCUT2D eigenvalue weighted by Gasteiger charge is -2.26. The van der Waals surface area contributed by atoms with Crippen LogP contribution >= 0.6 is 7.60 Å². The molecule has 1 unspecified atom stereocenters. The van der Waals surface area contributed by atoms with Crippen LogP contribution in [0.15, 0.2) is 54.6 Å². The zero-order valence-corrected chi connectivity index (χ0v) is 76.1. The van der Waals surface area contributed by atoms with Crippen LogP contribution in [0.5, 0.6) is 0 Å². The number of alkyl carbamates (subject to hydrolysis) is 2. The summed E-state index contributed by atoms with van der Waals surface area (Å²) >= 11 is 0. The van der Waals surface area contributed by atoms with Crippen LogP contribution in [0, 0.1) is 38.9 Å². The molecule has 0 bridgehead atoms. The molecule has 0 saturated heterocycles. The number of rotatable bonds is 46. The van der Waals surface area contributed by atoms with Gasteiger partial charge in [0.1, 0.15) is 39.6 Å². The number of aromatic carboxylic acids is 1. The number of benzene rings is 2. The first-order chi connectivity index (χ1) is 54.8. The van der Waals surface area contributed by atoms with E-state index in [1.165, 1.54) is 18.2 Å². The minimum atomic E-state index is -4.07. The first-order valence-electron chi connectivity index (χ1n) is 39.9. The minimum Gasteiger partial charge on any atom is -0.481 e. The molecule has 9 N–H and O–H groups in total. The Labute approximate surface area is 704 Å². The normalized spacial score (nSPS) is 11.5. The van der Waals surface area contributed by atoms with Crippen molar-refractivity contribution in [2.75, 3.05) is 77.9 Å². The second-order valence-corrected chi connectivity index (χ2v) is 34.9. The van der Waals surface area contributed by atoms with Crippen molar-refractivity contribution in [1.29, 1.82) is 0 Å². The first-order valence-corrected chi connectivity index (χ1v) is 43.3. The van der Waals surface area contributed by atoms with Crippen LogP contribution in [0.3, 0.4) is 0 Å². The number of aliphatic carboxylic acids is 2. The number of carboxylic acid groups (broad SMARTS) is 3. The van der Waals surface area contributed by atoms with E-state index in [1.54, 1.807) is 68.4 Å². The van der Waals surface area contributed by atoms with E-state index in [0.29, 0.717) is 89.6 Å². The zero-order valence-electron chi connectivity index (χ0n) is 74.4. The van der Waals surface area contributed by atoms with Crippen LogP contribution in [-0.4, -0.2) is 199 Å². The van der Waals surface area contributed by atoms with Crippen molar-refractivity contribution in [3.63, 3.8) is 0 Å². The SMILES string of the molecule is CC(=O)O.CCC(C)(C)C(=O)O.CCC(C)(C)C(=O)OCCNC(=O)OCCCCCC(=O)OCCC(C)C.CCC(C)(C)C(=O)OCCNC(=O)OCCCCCC(=O)OCc1ccccc1.CCC(C)(C)C(=O)OCCOC(=O)c1ccccc1C(=O)O.CCC(C)(C)C(=O)OCCP(=O)(O)O.CCC(C)C(=O)NC(C)(C)CS(=O)(=O)O. The highest BCUT2D eigenvalue weighted by Gasteiger charge is 2.32. The average Bonchev–Trinajstić information content (AvgIpc) is 0.858. The molecule has 2 rings (SSSR count). The standard InChI is InChI=1S/C22H33NO6.C20H37NO6.C16H20O6.C9H19NO4S.C8H17O5P.C6H12O2.C2H4O2/c1-4-22(2,3)20(25)27-16-14-23-21(26)28-15-10-6-9-13-19(24)29-17-18-11-7-5-8-12-18;1-6-20(4,5)18(23)26-15-12-21-19(24)27-13-9-7-8-10-17(22)25-14-11-16(2)3;1-4-16(2,3)15(20)22-10-9-21-14(19)12-8-6-5-7-11(12)13(17)18;1-5-7(2)8(11)10-9(3,4)6-15(12,13)14;1-4-8(2,3)7(9)13-5-6-14(10,11)12;1-4-6(2,3)5(7)8;1-2(3)4/h5,7-8,11-12H,4,6,9-10,13-17H2,1-3H3,(H,23,26);16H,6-15H2,1-5H3,(H,21,24);5-8H,4,9-10H2,1-3H3,(H,17,18);7H,5-6H2,1-4H3,(H,10,11)(H,12,13,14);4-6H2,1-3H3,(H2,10,11,12);4H2,1-3H3,(H,7,8);1H3,(H,3,4). The molecule has 0 radical (unpaired) electrons. The number of carbonyl (C=O) groups is 13. The van der Waals surface area contributed by atoms with Crippen LogP contribution in [0.4, 0.5) is 9.59 Å². The molecule has 0 aliphatic heterocycles. The predicted molar refractivity (Wildman–Crippen MR) is 446 cm³/mol. The molecule has 0 heterocycles. The monoisotopic (exact) mass is 1740 g/mol. The van der Waals surface area contributed by atoms with E-state index in [-0.39, 0.29) is 119 Å². The summed E-state index contributed by atoms with van der Waals surface area (Å²) in [7, 11) is -8.13. The number of ether oxygens (including phenoxy) is 9. The third-order valence-electron chi connectivity index (χ3n) is 17.7. The van der Waals surface area contributed by atoms with E-state index in [0.717, 1.165) is 31.7 Å². The molecule has 0 aliphatic carbocycles. The van der Waals surface area contributed by atoms with Crippen molar-refractivity contribution >= 4 is 95.5 Å². The fourth-order valence-electron chi connectivity index (χ4n) is 7.51. The highest BCUT2D eigenvalue weighted by atomic mass is 32.2. The van der Waals surface area contributed by atoms with Crippen molar-refractivity contribution in [3.8, 4) is 0 Å². The molecule has 3 amide bonds. The smallest absolute Gasteiger partial charge is 0.407 e. The minimum absolute atomic E-state index is 0.0322. The maximum Gasteiger partial charge on any atom is 0.407 e. The maximum absolute atomic E-state index is 11.8. The molecule has 0 aromatic heterocycles. The molecule has 0 saturated carbocycles. The number of nitrogens with one attached hydrogen (secondary N) is 3. The largest absolute Gasteiger partial charge is 0.481 e. The van der Waals surface area contributed by atoms with Gasteiger partial charge in [0, 0.05) is 25.7 Å². The number of carbonyl (C=O) groups excluding carboxylic acids is 10. The van der Waals surface area contributed by atoms with Crippen molar-refractivity contribution in [1.82, 2.24) is 16.0 Å². The number of hydrogen-bond donors (Lipinski definition) is 9. The summed E-state index contributed by atoms with van der Waals surface area (Å²) in [6.07, 6.45) is 8.44. The molecule has 119 heavy (non-hydrogen) atoms. The van der Waals surface area contributed by atoms with Gasteiger partial charge in [-0.2, -0.15) is 8.42 Å². The lowest BCUT2D eigenvalue weighted by atomic mass is 9.91. The quantitative estimate of drug-likeness (QED) is 0.00977.